The van der Waals surface area contributed by atoms with Crippen molar-refractivity contribution in [2.45, 2.75) is 6.54 Å². The topological polar surface area (TPSA) is 104 Å². The van der Waals surface area contributed by atoms with Crippen LogP contribution in [0.4, 0.5) is 11.8 Å². The standard InChI is InChI=1S/C23H23N5O3/c1-29-16-7-4-14(5-8-16)13-25-22-21-18(27-23(24)28-22)10-9-17(26-21)15-6-11-19(30-2)20(12-15)31-3/h4-12H,13H2,1-3H3,(H3,24,25,27,28). The number of ether oxygens (including phenoxy) is 3. The molecule has 0 aliphatic heterocycles. The van der Waals surface area contributed by atoms with Crippen molar-refractivity contribution in [3.05, 3.63) is 60.2 Å². The Morgan fingerprint density at radius 1 is 0.806 bits per heavy atom. The molecule has 0 aliphatic carbocycles. The van der Waals surface area contributed by atoms with Crippen molar-refractivity contribution in [1.82, 2.24) is 15.0 Å². The molecular weight excluding hydrogens is 394 g/mol. The Bertz CT molecular complexity index is 1210. The Labute approximate surface area is 180 Å². The highest BCUT2D eigenvalue weighted by Crippen LogP contribution is 2.32. The van der Waals surface area contributed by atoms with Gasteiger partial charge in [-0.05, 0) is 48.0 Å². The van der Waals surface area contributed by atoms with Gasteiger partial charge in [-0.1, -0.05) is 12.1 Å². The van der Waals surface area contributed by atoms with Gasteiger partial charge in [-0.25, -0.2) is 9.97 Å². The highest BCUT2D eigenvalue weighted by Gasteiger charge is 2.12. The largest absolute Gasteiger partial charge is 0.497 e. The smallest absolute Gasteiger partial charge is 0.222 e. The number of nitrogens with two attached hydrogens (primary N) is 1. The Morgan fingerprint density at radius 3 is 2.29 bits per heavy atom. The van der Waals surface area contributed by atoms with E-state index in [4.69, 9.17) is 24.9 Å². The Balaban J connectivity index is 1.68. The first-order valence-electron chi connectivity index (χ1n) is 9.64. The summed E-state index contributed by atoms with van der Waals surface area (Å²) in [5, 5.41) is 3.32. The number of aromatic nitrogens is 3. The molecule has 31 heavy (non-hydrogen) atoms. The number of methoxy groups -OCH3 is 3. The van der Waals surface area contributed by atoms with Gasteiger partial charge in [0.2, 0.25) is 5.95 Å². The van der Waals surface area contributed by atoms with Crippen molar-refractivity contribution >= 4 is 22.8 Å². The lowest BCUT2D eigenvalue weighted by Crippen LogP contribution is -2.06. The Kier molecular flexibility index (Phi) is 5.70. The van der Waals surface area contributed by atoms with E-state index in [0.29, 0.717) is 34.9 Å². The predicted molar refractivity (Wildman–Crippen MR) is 121 cm³/mol. The number of hydrogen-bond acceptors (Lipinski definition) is 8. The van der Waals surface area contributed by atoms with Gasteiger partial charge in [0.15, 0.2) is 17.3 Å². The molecule has 0 aliphatic rings. The predicted octanol–water partition coefficient (Wildman–Crippen LogP) is 3.91. The summed E-state index contributed by atoms with van der Waals surface area (Å²) >= 11 is 0. The molecule has 2 aromatic carbocycles. The Hall–Kier alpha value is -4.07. The molecule has 0 saturated carbocycles. The van der Waals surface area contributed by atoms with Gasteiger partial charge in [-0.15, -0.1) is 0 Å². The number of fused-ring (bicyclic) bond motifs is 1. The van der Waals surface area contributed by atoms with E-state index < -0.39 is 0 Å². The lowest BCUT2D eigenvalue weighted by Gasteiger charge is -2.12. The minimum Gasteiger partial charge on any atom is -0.497 e. The molecule has 3 N–H and O–H groups in total. The van der Waals surface area contributed by atoms with E-state index in [1.165, 1.54) is 0 Å². The van der Waals surface area contributed by atoms with E-state index in [2.05, 4.69) is 15.3 Å². The second-order valence-corrected chi connectivity index (χ2v) is 6.77. The molecule has 158 valence electrons. The number of hydrogen-bond donors (Lipinski definition) is 2. The van der Waals surface area contributed by atoms with Crippen LogP contribution in [0.25, 0.3) is 22.3 Å². The van der Waals surface area contributed by atoms with Gasteiger partial charge in [0, 0.05) is 12.1 Å². The van der Waals surface area contributed by atoms with Crippen LogP contribution >= 0.6 is 0 Å². The quantitative estimate of drug-likeness (QED) is 0.466. The lowest BCUT2D eigenvalue weighted by molar-refractivity contribution is 0.355. The van der Waals surface area contributed by atoms with Gasteiger partial charge in [0.1, 0.15) is 11.3 Å². The van der Waals surface area contributed by atoms with Gasteiger partial charge in [0.25, 0.3) is 0 Å². The number of benzene rings is 2. The van der Waals surface area contributed by atoms with Crippen molar-refractivity contribution in [2.75, 3.05) is 32.4 Å². The lowest BCUT2D eigenvalue weighted by atomic mass is 10.1. The van der Waals surface area contributed by atoms with Crippen LogP contribution in [0.3, 0.4) is 0 Å². The number of nitrogens with one attached hydrogen (secondary N) is 1. The summed E-state index contributed by atoms with van der Waals surface area (Å²) in [4.78, 5) is 13.5. The minimum atomic E-state index is 0.186. The van der Waals surface area contributed by atoms with E-state index in [9.17, 15) is 0 Å². The molecule has 0 spiro atoms. The summed E-state index contributed by atoms with van der Waals surface area (Å²) in [5.41, 5.74) is 9.93. The molecule has 2 heterocycles. The zero-order valence-electron chi connectivity index (χ0n) is 17.5. The second kappa shape index (κ2) is 8.74. The normalized spacial score (nSPS) is 10.7. The van der Waals surface area contributed by atoms with Gasteiger partial charge >= 0.3 is 0 Å². The molecule has 4 rings (SSSR count). The third-order valence-electron chi connectivity index (χ3n) is 4.86. The first kappa shape index (κ1) is 20.2. The molecule has 0 fully saturated rings. The summed E-state index contributed by atoms with van der Waals surface area (Å²) in [6, 6.07) is 17.2. The molecule has 0 unspecified atom stereocenters. The van der Waals surface area contributed by atoms with Crippen molar-refractivity contribution in [1.29, 1.82) is 0 Å². The summed E-state index contributed by atoms with van der Waals surface area (Å²) in [6.07, 6.45) is 0. The first-order valence-corrected chi connectivity index (χ1v) is 9.64. The van der Waals surface area contributed by atoms with Crippen LogP contribution in [0.15, 0.2) is 54.6 Å². The maximum atomic E-state index is 5.91. The van der Waals surface area contributed by atoms with Gasteiger partial charge < -0.3 is 25.3 Å². The maximum absolute atomic E-state index is 5.91. The average Bonchev–Trinajstić information content (AvgIpc) is 2.82. The molecule has 0 atom stereocenters. The monoisotopic (exact) mass is 417 g/mol. The van der Waals surface area contributed by atoms with Crippen LogP contribution in [-0.4, -0.2) is 36.3 Å². The SMILES string of the molecule is COc1ccc(CNc2nc(N)nc3ccc(-c4ccc(OC)c(OC)c4)nc23)cc1. The van der Waals surface area contributed by atoms with Crippen molar-refractivity contribution in [3.8, 4) is 28.5 Å². The molecule has 4 aromatic rings. The van der Waals surface area contributed by atoms with Crippen LogP contribution in [0.1, 0.15) is 5.56 Å². The highest BCUT2D eigenvalue weighted by atomic mass is 16.5. The van der Waals surface area contributed by atoms with E-state index >= 15 is 0 Å². The average molecular weight is 417 g/mol. The van der Waals surface area contributed by atoms with Crippen molar-refractivity contribution in [3.63, 3.8) is 0 Å². The third-order valence-corrected chi connectivity index (χ3v) is 4.86. The molecule has 0 bridgehead atoms. The molecule has 2 aromatic heterocycles. The van der Waals surface area contributed by atoms with Crippen molar-refractivity contribution in [2.24, 2.45) is 0 Å². The van der Waals surface area contributed by atoms with Crippen LogP contribution in [0.5, 0.6) is 17.2 Å². The number of nitrogen functional groups attached to an aromatic ring is 1. The molecule has 0 radical (unpaired) electrons. The summed E-state index contributed by atoms with van der Waals surface area (Å²) in [7, 11) is 4.85. The first-order chi connectivity index (χ1) is 15.1. The van der Waals surface area contributed by atoms with Crippen LogP contribution in [-0.2, 0) is 6.54 Å². The fourth-order valence-corrected chi connectivity index (χ4v) is 3.24. The van der Waals surface area contributed by atoms with Crippen LogP contribution in [0.2, 0.25) is 0 Å². The number of rotatable bonds is 7. The molecular formula is C23H23N5O3. The number of anilines is 2. The zero-order chi connectivity index (χ0) is 21.8. The summed E-state index contributed by atoms with van der Waals surface area (Å²) in [6.45, 7) is 0.553. The fourth-order valence-electron chi connectivity index (χ4n) is 3.24. The van der Waals surface area contributed by atoms with Gasteiger partial charge in [-0.2, -0.15) is 4.98 Å². The molecule has 8 heteroatoms. The summed E-state index contributed by atoms with van der Waals surface area (Å²) < 4.78 is 15.9. The van der Waals surface area contributed by atoms with Gasteiger partial charge in [-0.3, -0.25) is 0 Å². The minimum absolute atomic E-state index is 0.186. The summed E-state index contributed by atoms with van der Waals surface area (Å²) in [5.74, 6) is 2.85. The molecule has 0 saturated heterocycles. The second-order valence-electron chi connectivity index (χ2n) is 6.77. The van der Waals surface area contributed by atoms with Crippen LogP contribution < -0.4 is 25.3 Å². The zero-order valence-corrected chi connectivity index (χ0v) is 17.5. The van der Waals surface area contributed by atoms with Crippen molar-refractivity contribution < 1.29 is 14.2 Å². The van der Waals surface area contributed by atoms with E-state index in [1.807, 2.05) is 54.6 Å². The maximum Gasteiger partial charge on any atom is 0.222 e. The van der Waals surface area contributed by atoms with E-state index in [1.54, 1.807) is 21.3 Å². The molecule has 8 nitrogen and oxygen atoms in total. The van der Waals surface area contributed by atoms with E-state index in [-0.39, 0.29) is 5.95 Å². The van der Waals surface area contributed by atoms with Gasteiger partial charge in [0.05, 0.1) is 32.5 Å². The Morgan fingerprint density at radius 2 is 1.58 bits per heavy atom. The number of pyridine rings is 1. The van der Waals surface area contributed by atoms with Crippen LogP contribution in [0, 0.1) is 0 Å². The molecule has 0 amide bonds. The highest BCUT2D eigenvalue weighted by molar-refractivity contribution is 5.88. The van der Waals surface area contributed by atoms with E-state index in [0.717, 1.165) is 22.6 Å². The third kappa shape index (κ3) is 4.28. The number of nitrogens with zero attached hydrogens (tertiary/aromatic N) is 3. The fraction of sp³-hybridized carbons (Fsp3) is 0.174.